The molecule has 0 bridgehead atoms. The van der Waals surface area contributed by atoms with Crippen molar-refractivity contribution in [2.45, 2.75) is 0 Å². The molecule has 96 valence electrons. The van der Waals surface area contributed by atoms with Crippen LogP contribution in [0.3, 0.4) is 0 Å². The highest BCUT2D eigenvalue weighted by Gasteiger charge is 2.47. The van der Waals surface area contributed by atoms with E-state index >= 15 is 0 Å². The third-order valence-corrected chi connectivity index (χ3v) is 6.77. The van der Waals surface area contributed by atoms with Gasteiger partial charge in [-0.15, -0.1) is 13.2 Å². The van der Waals surface area contributed by atoms with E-state index in [4.69, 9.17) is 4.12 Å². The van der Waals surface area contributed by atoms with Gasteiger partial charge >= 0.3 is 17.3 Å². The molecule has 0 N–H and O–H groups in total. The molecule has 9 nitrogen and oxygen atoms in total. The van der Waals surface area contributed by atoms with Gasteiger partial charge in [0.25, 0.3) is 0 Å². The topological polar surface area (TPSA) is 127 Å². The van der Waals surface area contributed by atoms with Crippen molar-refractivity contribution in [3.63, 3.8) is 0 Å². The SMILES string of the molecule is C=C[Si](N=C=O)(N=C=O)O[Si](C=C)(N=C=O)N=C=O. The van der Waals surface area contributed by atoms with Crippen molar-refractivity contribution in [2.24, 2.45) is 18.6 Å². The molecule has 0 aromatic carbocycles. The normalized spacial score (nSPS) is 14.7. The average Bonchev–Trinajstić information content (AvgIpc) is 2.39. The molecule has 0 aromatic heterocycles. The first kappa shape index (κ1) is 16.4. The van der Waals surface area contributed by atoms with Gasteiger partial charge in [-0.1, -0.05) is 0 Å². The highest BCUT2D eigenvalue weighted by molar-refractivity contribution is 6.89. The average molecular weight is 294 g/mol. The van der Waals surface area contributed by atoms with Gasteiger partial charge in [0, 0.05) is 0 Å². The lowest BCUT2D eigenvalue weighted by Crippen LogP contribution is -2.46. The molecule has 0 fully saturated rings. The third-order valence-electron chi connectivity index (χ3n) is 1.66. The number of carbonyl (C=O) groups excluding carboxylic acids is 4. The standard InChI is InChI=1S/C8H6N4O5Si2/c1-3-18(9-5-13,10-6-14)17-19(4-2,11-7-15)12-8-16/h3-4H,1-2H2. The third kappa shape index (κ3) is 4.28. The lowest BCUT2D eigenvalue weighted by atomic mass is 11.3. The van der Waals surface area contributed by atoms with E-state index in [2.05, 4.69) is 31.8 Å². The summed E-state index contributed by atoms with van der Waals surface area (Å²) < 4.78 is 18.1. The maximum Gasteiger partial charge on any atom is 0.496 e. The molecule has 0 unspecified atom stereocenters. The van der Waals surface area contributed by atoms with Gasteiger partial charge in [0.1, 0.15) is 0 Å². The number of nitrogens with zero attached hydrogens (tertiary/aromatic N) is 4. The Kier molecular flexibility index (Phi) is 6.62. The van der Waals surface area contributed by atoms with Crippen LogP contribution in [0.2, 0.25) is 0 Å². The molecule has 0 atom stereocenters. The summed E-state index contributed by atoms with van der Waals surface area (Å²) in [5.74, 6) is 0. The van der Waals surface area contributed by atoms with E-state index in [0.29, 0.717) is 0 Å². The van der Waals surface area contributed by atoms with Gasteiger partial charge in [0.2, 0.25) is 24.3 Å². The highest BCUT2D eigenvalue weighted by atomic mass is 28.4. The van der Waals surface area contributed by atoms with Crippen molar-refractivity contribution >= 4 is 41.6 Å². The van der Waals surface area contributed by atoms with Gasteiger partial charge in [0.05, 0.1) is 0 Å². The second kappa shape index (κ2) is 7.67. The first-order valence-electron chi connectivity index (χ1n) is 4.41. The molecule has 0 spiro atoms. The van der Waals surface area contributed by atoms with Crippen LogP contribution in [-0.4, -0.2) is 41.6 Å². The molecule has 0 heterocycles. The van der Waals surface area contributed by atoms with Crippen LogP contribution in [0, 0.1) is 0 Å². The first-order chi connectivity index (χ1) is 9.07. The fourth-order valence-electron chi connectivity index (χ4n) is 0.890. The molecule has 0 rings (SSSR count). The molecule has 0 saturated carbocycles. The molecule has 0 aliphatic rings. The summed E-state index contributed by atoms with van der Waals surface area (Å²) in [4.78, 5) is 41.4. The van der Waals surface area contributed by atoms with Crippen molar-refractivity contribution in [1.29, 1.82) is 0 Å². The predicted molar refractivity (Wildman–Crippen MR) is 65.5 cm³/mol. The summed E-state index contributed by atoms with van der Waals surface area (Å²) in [6, 6.07) is 0. The van der Waals surface area contributed by atoms with Crippen molar-refractivity contribution < 1.29 is 23.3 Å². The minimum absolute atomic E-state index is 0.967. The van der Waals surface area contributed by atoms with Gasteiger partial charge < -0.3 is 4.12 Å². The summed E-state index contributed by atoms with van der Waals surface area (Å²) in [5.41, 5.74) is 1.93. The van der Waals surface area contributed by atoms with Gasteiger partial charge in [-0.2, -0.15) is 18.6 Å². The van der Waals surface area contributed by atoms with Crippen LogP contribution in [0.1, 0.15) is 0 Å². The molecule has 0 aliphatic carbocycles. The molecular formula is C8H6N4O5Si2. The molecule has 0 aliphatic heterocycles. The van der Waals surface area contributed by atoms with E-state index in [-0.39, 0.29) is 0 Å². The van der Waals surface area contributed by atoms with E-state index in [0.717, 1.165) is 35.7 Å². The van der Waals surface area contributed by atoms with Crippen LogP contribution in [0.25, 0.3) is 0 Å². The zero-order chi connectivity index (χ0) is 14.8. The van der Waals surface area contributed by atoms with Crippen LogP contribution in [-0.2, 0) is 23.3 Å². The Labute approximate surface area is 109 Å². The second-order valence-electron chi connectivity index (χ2n) is 2.64. The molecule has 0 radical (unpaired) electrons. The van der Waals surface area contributed by atoms with Crippen LogP contribution in [0.5, 0.6) is 0 Å². The Morgan fingerprint density at radius 3 is 1.16 bits per heavy atom. The summed E-state index contributed by atoms with van der Waals surface area (Å²) in [7, 11) is -7.78. The minimum atomic E-state index is -3.89. The van der Waals surface area contributed by atoms with Crippen molar-refractivity contribution in [2.75, 3.05) is 0 Å². The van der Waals surface area contributed by atoms with Crippen molar-refractivity contribution in [3.05, 3.63) is 24.6 Å². The maximum atomic E-state index is 10.3. The summed E-state index contributed by atoms with van der Waals surface area (Å²) >= 11 is 0. The van der Waals surface area contributed by atoms with Gasteiger partial charge in [-0.3, -0.25) is 0 Å². The highest BCUT2D eigenvalue weighted by Crippen LogP contribution is 2.20. The zero-order valence-electron chi connectivity index (χ0n) is 9.40. The van der Waals surface area contributed by atoms with E-state index < -0.39 is 17.3 Å². The van der Waals surface area contributed by atoms with Crippen LogP contribution >= 0.6 is 0 Å². The molecule has 0 saturated heterocycles. The maximum absolute atomic E-state index is 10.3. The van der Waals surface area contributed by atoms with E-state index in [9.17, 15) is 19.2 Å². The Bertz CT molecular complexity index is 480. The van der Waals surface area contributed by atoms with Crippen LogP contribution in [0.4, 0.5) is 0 Å². The van der Waals surface area contributed by atoms with E-state index in [1.165, 1.54) is 0 Å². The monoisotopic (exact) mass is 294 g/mol. The Hall–Kier alpha value is -2.61. The lowest BCUT2D eigenvalue weighted by molar-refractivity contribution is 0.529. The second-order valence-corrected chi connectivity index (χ2v) is 7.80. The molecule has 19 heavy (non-hydrogen) atoms. The number of isocyanates is 4. The number of rotatable bonds is 8. The van der Waals surface area contributed by atoms with Crippen molar-refractivity contribution in [3.8, 4) is 0 Å². The molecule has 0 amide bonds. The fourth-order valence-corrected chi connectivity index (χ4v) is 5.04. The Balaban J connectivity index is 6.00. The largest absolute Gasteiger partial charge is 0.496 e. The summed E-state index contributed by atoms with van der Waals surface area (Å²) in [6.45, 7) is 6.62. The van der Waals surface area contributed by atoms with Gasteiger partial charge in [-0.05, 0) is 11.4 Å². The van der Waals surface area contributed by atoms with Gasteiger partial charge in [-0.25, -0.2) is 19.2 Å². The number of hydrogen-bond donors (Lipinski definition) is 0. The Morgan fingerprint density at radius 2 is 1.00 bits per heavy atom. The first-order valence-corrected chi connectivity index (χ1v) is 8.17. The quantitative estimate of drug-likeness (QED) is 0.344. The van der Waals surface area contributed by atoms with E-state index in [1.807, 2.05) is 0 Å². The molecule has 11 heteroatoms. The minimum Gasteiger partial charge on any atom is -0.380 e. The number of hydrogen-bond acceptors (Lipinski definition) is 9. The fraction of sp³-hybridized carbons (Fsp3) is 0. The van der Waals surface area contributed by atoms with Crippen molar-refractivity contribution in [1.82, 2.24) is 0 Å². The predicted octanol–water partition coefficient (Wildman–Crippen LogP) is -0.326. The Morgan fingerprint density at radius 1 is 0.737 bits per heavy atom. The van der Waals surface area contributed by atoms with E-state index in [1.54, 1.807) is 0 Å². The van der Waals surface area contributed by atoms with Gasteiger partial charge in [0.15, 0.2) is 0 Å². The summed E-state index contributed by atoms with van der Waals surface area (Å²) in [6.07, 6.45) is 4.60. The van der Waals surface area contributed by atoms with Crippen LogP contribution < -0.4 is 0 Å². The molecule has 0 aromatic rings. The lowest BCUT2D eigenvalue weighted by Gasteiger charge is -2.21. The summed E-state index contributed by atoms with van der Waals surface area (Å²) in [5, 5.41) is 0. The zero-order valence-corrected chi connectivity index (χ0v) is 11.4. The smallest absolute Gasteiger partial charge is 0.380 e. The molecular weight excluding hydrogens is 288 g/mol. The van der Waals surface area contributed by atoms with Crippen LogP contribution in [0.15, 0.2) is 43.2 Å².